The summed E-state index contributed by atoms with van der Waals surface area (Å²) in [4.78, 5) is 12.5. The van der Waals surface area contributed by atoms with E-state index in [1.165, 1.54) is 12.1 Å². The Hall–Kier alpha value is -1.21. The number of hydrogen-bond acceptors (Lipinski definition) is 5. The average molecular weight is 300 g/mol. The summed E-state index contributed by atoms with van der Waals surface area (Å²) in [6.45, 7) is 3.76. The van der Waals surface area contributed by atoms with E-state index in [4.69, 9.17) is 16.3 Å². The van der Waals surface area contributed by atoms with Crippen molar-refractivity contribution in [3.8, 4) is 0 Å². The third-order valence-corrected chi connectivity index (χ3v) is 3.64. The molecule has 1 unspecified atom stereocenters. The predicted molar refractivity (Wildman–Crippen MR) is 77.1 cm³/mol. The van der Waals surface area contributed by atoms with Crippen LogP contribution in [-0.2, 0) is 11.3 Å². The van der Waals surface area contributed by atoms with Gasteiger partial charge < -0.3 is 15.0 Å². The Morgan fingerprint density at radius 2 is 2.40 bits per heavy atom. The number of hydrogen-bond donors (Lipinski definition) is 1. The second-order valence-electron chi connectivity index (χ2n) is 4.92. The van der Waals surface area contributed by atoms with Crippen LogP contribution in [0.15, 0.2) is 18.2 Å². The van der Waals surface area contributed by atoms with Gasteiger partial charge in [-0.15, -0.1) is 0 Å². The van der Waals surface area contributed by atoms with Crippen LogP contribution in [0.4, 0.5) is 5.69 Å². The quantitative estimate of drug-likeness (QED) is 0.662. The molecular formula is C13H18ClN3O3. The van der Waals surface area contributed by atoms with Crippen molar-refractivity contribution in [2.24, 2.45) is 0 Å². The van der Waals surface area contributed by atoms with Crippen LogP contribution in [-0.4, -0.2) is 49.2 Å². The number of morpholine rings is 1. The summed E-state index contributed by atoms with van der Waals surface area (Å²) in [6.07, 6.45) is 0.145. The van der Waals surface area contributed by atoms with Gasteiger partial charge in [0.1, 0.15) is 0 Å². The fourth-order valence-corrected chi connectivity index (χ4v) is 2.35. The molecule has 1 heterocycles. The zero-order chi connectivity index (χ0) is 14.5. The van der Waals surface area contributed by atoms with Crippen molar-refractivity contribution in [1.29, 1.82) is 0 Å². The number of nitrogens with zero attached hydrogens (tertiary/aromatic N) is 2. The molecule has 1 N–H and O–H groups in total. The lowest BCUT2D eigenvalue weighted by Gasteiger charge is -2.30. The molecular weight excluding hydrogens is 282 g/mol. The Balaban J connectivity index is 1.87. The normalized spacial score (nSPS) is 20.0. The molecule has 7 heteroatoms. The van der Waals surface area contributed by atoms with Crippen LogP contribution >= 0.6 is 11.6 Å². The van der Waals surface area contributed by atoms with E-state index in [2.05, 4.69) is 17.3 Å². The molecule has 1 aliphatic rings. The molecule has 0 radical (unpaired) electrons. The van der Waals surface area contributed by atoms with Crippen molar-refractivity contribution < 1.29 is 9.66 Å². The third-order valence-electron chi connectivity index (χ3n) is 3.27. The molecule has 20 heavy (non-hydrogen) atoms. The van der Waals surface area contributed by atoms with Crippen LogP contribution < -0.4 is 5.32 Å². The van der Waals surface area contributed by atoms with Crippen molar-refractivity contribution in [3.05, 3.63) is 38.9 Å². The highest BCUT2D eigenvalue weighted by Gasteiger charge is 2.17. The molecule has 1 aromatic rings. The minimum atomic E-state index is -0.418. The lowest BCUT2D eigenvalue weighted by atomic mass is 10.2. The number of likely N-dealkylation sites (N-methyl/N-ethyl adjacent to an activating group) is 1. The van der Waals surface area contributed by atoms with E-state index in [1.807, 2.05) is 0 Å². The number of halogens is 1. The summed E-state index contributed by atoms with van der Waals surface area (Å²) in [5.74, 6) is 0. The van der Waals surface area contributed by atoms with Crippen LogP contribution in [0.1, 0.15) is 5.56 Å². The number of non-ortho nitro benzene ring substituents is 1. The average Bonchev–Trinajstić information content (AvgIpc) is 2.40. The molecule has 0 aromatic heterocycles. The van der Waals surface area contributed by atoms with Crippen LogP contribution in [0.5, 0.6) is 0 Å². The van der Waals surface area contributed by atoms with Crippen LogP contribution in [0.3, 0.4) is 0 Å². The Kier molecular flexibility index (Phi) is 5.31. The minimum Gasteiger partial charge on any atom is -0.374 e. The SMILES string of the molecule is CN1CCOC(CNCc2cc([N+](=O)[O-])ccc2Cl)C1. The molecule has 1 fully saturated rings. The smallest absolute Gasteiger partial charge is 0.269 e. The van der Waals surface area contributed by atoms with E-state index < -0.39 is 4.92 Å². The molecule has 0 spiro atoms. The third kappa shape index (κ3) is 4.14. The van der Waals surface area contributed by atoms with Crippen LogP contribution in [0, 0.1) is 10.1 Å². The van der Waals surface area contributed by atoms with Gasteiger partial charge in [0, 0.05) is 43.3 Å². The van der Waals surface area contributed by atoms with Crippen molar-refractivity contribution in [2.45, 2.75) is 12.6 Å². The second-order valence-corrected chi connectivity index (χ2v) is 5.33. The molecule has 6 nitrogen and oxygen atoms in total. The number of nitro groups is 1. The Morgan fingerprint density at radius 1 is 1.60 bits per heavy atom. The van der Waals surface area contributed by atoms with Crippen molar-refractivity contribution in [3.63, 3.8) is 0 Å². The first-order valence-electron chi connectivity index (χ1n) is 6.50. The van der Waals surface area contributed by atoms with Gasteiger partial charge in [0.05, 0.1) is 17.6 Å². The van der Waals surface area contributed by atoms with E-state index in [9.17, 15) is 10.1 Å². The van der Waals surface area contributed by atoms with Gasteiger partial charge in [0.15, 0.2) is 0 Å². The molecule has 2 rings (SSSR count). The zero-order valence-corrected chi connectivity index (χ0v) is 12.1. The fourth-order valence-electron chi connectivity index (χ4n) is 2.17. The molecule has 110 valence electrons. The van der Waals surface area contributed by atoms with Crippen molar-refractivity contribution in [1.82, 2.24) is 10.2 Å². The highest BCUT2D eigenvalue weighted by molar-refractivity contribution is 6.31. The van der Waals surface area contributed by atoms with Gasteiger partial charge in [-0.1, -0.05) is 11.6 Å². The molecule has 1 saturated heterocycles. The zero-order valence-electron chi connectivity index (χ0n) is 11.3. The van der Waals surface area contributed by atoms with E-state index >= 15 is 0 Å². The first-order chi connectivity index (χ1) is 9.56. The summed E-state index contributed by atoms with van der Waals surface area (Å²) in [6, 6.07) is 4.47. The molecule has 0 amide bonds. The largest absolute Gasteiger partial charge is 0.374 e. The number of nitro benzene ring substituents is 1. The predicted octanol–water partition coefficient (Wildman–Crippen LogP) is 1.67. The van der Waals surface area contributed by atoms with Gasteiger partial charge in [0.2, 0.25) is 0 Å². The summed E-state index contributed by atoms with van der Waals surface area (Å²) < 4.78 is 5.63. The van der Waals surface area contributed by atoms with Gasteiger partial charge in [-0.3, -0.25) is 10.1 Å². The summed E-state index contributed by atoms with van der Waals surface area (Å²) in [7, 11) is 2.06. The number of nitrogens with one attached hydrogen (secondary N) is 1. The highest BCUT2D eigenvalue weighted by Crippen LogP contribution is 2.21. The molecule has 1 aromatic carbocycles. The molecule has 1 atom stereocenters. The van der Waals surface area contributed by atoms with Gasteiger partial charge >= 0.3 is 0 Å². The van der Waals surface area contributed by atoms with E-state index in [0.717, 1.165) is 25.3 Å². The molecule has 0 aliphatic carbocycles. The summed E-state index contributed by atoms with van der Waals surface area (Å²) in [5, 5.41) is 14.5. The van der Waals surface area contributed by atoms with Gasteiger partial charge in [0.25, 0.3) is 5.69 Å². The first kappa shape index (κ1) is 15.2. The van der Waals surface area contributed by atoms with Crippen LogP contribution in [0.25, 0.3) is 0 Å². The summed E-state index contributed by atoms with van der Waals surface area (Å²) >= 11 is 6.04. The van der Waals surface area contributed by atoms with Gasteiger partial charge in [-0.2, -0.15) is 0 Å². The monoisotopic (exact) mass is 299 g/mol. The standard InChI is InChI=1S/C13H18ClN3O3/c1-16-4-5-20-12(9-16)8-15-7-10-6-11(17(18)19)2-3-13(10)14/h2-3,6,12,15H,4-5,7-9H2,1H3. The maximum Gasteiger partial charge on any atom is 0.269 e. The van der Waals surface area contributed by atoms with Crippen LogP contribution in [0.2, 0.25) is 5.02 Å². The maximum atomic E-state index is 10.7. The van der Waals surface area contributed by atoms with E-state index in [1.54, 1.807) is 6.07 Å². The van der Waals surface area contributed by atoms with E-state index in [-0.39, 0.29) is 11.8 Å². The fraction of sp³-hybridized carbons (Fsp3) is 0.538. The Labute approximate surface area is 122 Å². The second kappa shape index (κ2) is 6.99. The number of rotatable bonds is 5. The lowest BCUT2D eigenvalue weighted by molar-refractivity contribution is -0.384. The van der Waals surface area contributed by atoms with Gasteiger partial charge in [-0.05, 0) is 18.7 Å². The summed E-state index contributed by atoms with van der Waals surface area (Å²) in [5.41, 5.74) is 0.782. The lowest BCUT2D eigenvalue weighted by Crippen LogP contribution is -2.44. The number of ether oxygens (including phenoxy) is 1. The molecule has 1 aliphatic heterocycles. The topological polar surface area (TPSA) is 67.6 Å². The first-order valence-corrected chi connectivity index (χ1v) is 6.87. The maximum absolute atomic E-state index is 10.7. The minimum absolute atomic E-state index is 0.0554. The molecule has 0 bridgehead atoms. The Bertz CT molecular complexity index is 484. The van der Waals surface area contributed by atoms with E-state index in [0.29, 0.717) is 18.1 Å². The highest BCUT2D eigenvalue weighted by atomic mass is 35.5. The Morgan fingerprint density at radius 3 is 3.10 bits per heavy atom. The van der Waals surface area contributed by atoms with Gasteiger partial charge in [-0.25, -0.2) is 0 Å². The van der Waals surface area contributed by atoms with Crippen molar-refractivity contribution in [2.75, 3.05) is 33.3 Å². The molecule has 0 saturated carbocycles. The number of benzene rings is 1. The van der Waals surface area contributed by atoms with Crippen molar-refractivity contribution >= 4 is 17.3 Å².